The largest absolute Gasteiger partial charge is 0.300 e. The van der Waals surface area contributed by atoms with Crippen LogP contribution in [0.1, 0.15) is 31.7 Å². The number of rotatable bonds is 5. The number of nitrogens with zero attached hydrogens (tertiary/aromatic N) is 1. The number of hydrogen-bond acceptors (Lipinski definition) is 3. The average Bonchev–Trinajstić information content (AvgIpc) is 2.26. The van der Waals surface area contributed by atoms with Crippen LogP contribution in [-0.2, 0) is 4.79 Å². The third-order valence-corrected chi connectivity index (χ3v) is 2.65. The number of ketones is 1. The van der Waals surface area contributed by atoms with Crippen molar-refractivity contribution < 1.29 is 9.72 Å². The van der Waals surface area contributed by atoms with Gasteiger partial charge in [0.15, 0.2) is 0 Å². The Labute approximate surface area is 94.4 Å². The maximum Gasteiger partial charge on any atom is 0.217 e. The molecule has 16 heavy (non-hydrogen) atoms. The lowest BCUT2D eigenvalue weighted by Crippen LogP contribution is -2.25. The summed E-state index contributed by atoms with van der Waals surface area (Å²) < 4.78 is 0. The van der Waals surface area contributed by atoms with E-state index in [1.54, 1.807) is 6.92 Å². The van der Waals surface area contributed by atoms with E-state index >= 15 is 0 Å². The summed E-state index contributed by atoms with van der Waals surface area (Å²) in [4.78, 5) is 21.6. The summed E-state index contributed by atoms with van der Waals surface area (Å²) in [5.74, 6) is -0.365. The predicted molar refractivity (Wildman–Crippen MR) is 60.9 cm³/mol. The molecule has 1 rings (SSSR count). The number of Topliss-reactive ketones (excluding diaryl/α,β-unsaturated/α-hetero) is 1. The van der Waals surface area contributed by atoms with Crippen molar-refractivity contribution in [3.05, 3.63) is 46.0 Å². The minimum Gasteiger partial charge on any atom is -0.300 e. The second-order valence-electron chi connectivity index (χ2n) is 3.95. The van der Waals surface area contributed by atoms with Crippen molar-refractivity contribution >= 4 is 5.78 Å². The summed E-state index contributed by atoms with van der Waals surface area (Å²) in [7, 11) is 0. The van der Waals surface area contributed by atoms with Crippen molar-refractivity contribution in [2.24, 2.45) is 0 Å². The first-order valence-corrected chi connectivity index (χ1v) is 5.20. The Morgan fingerprint density at radius 3 is 2.38 bits per heavy atom. The van der Waals surface area contributed by atoms with Crippen molar-refractivity contribution in [1.82, 2.24) is 0 Å². The molecule has 0 aliphatic carbocycles. The van der Waals surface area contributed by atoms with E-state index in [4.69, 9.17) is 0 Å². The number of hydrogen-bond donors (Lipinski definition) is 0. The van der Waals surface area contributed by atoms with Crippen LogP contribution in [0, 0.1) is 10.1 Å². The molecule has 0 amide bonds. The molecule has 0 N–H and O–H groups in total. The van der Waals surface area contributed by atoms with Gasteiger partial charge in [-0.05, 0) is 12.5 Å². The highest BCUT2D eigenvalue weighted by Gasteiger charge is 2.28. The molecular weight excluding hydrogens is 206 g/mol. The van der Waals surface area contributed by atoms with E-state index in [0.29, 0.717) is 0 Å². The van der Waals surface area contributed by atoms with Crippen LogP contribution in [0.3, 0.4) is 0 Å². The van der Waals surface area contributed by atoms with Gasteiger partial charge in [-0.2, -0.15) is 0 Å². The molecule has 0 bridgehead atoms. The molecule has 0 heterocycles. The van der Waals surface area contributed by atoms with Crippen LogP contribution in [0.5, 0.6) is 0 Å². The van der Waals surface area contributed by atoms with Gasteiger partial charge in [-0.3, -0.25) is 10.1 Å². The van der Waals surface area contributed by atoms with Crippen molar-refractivity contribution in [1.29, 1.82) is 0 Å². The smallest absolute Gasteiger partial charge is 0.217 e. The van der Waals surface area contributed by atoms with Crippen LogP contribution >= 0.6 is 0 Å². The second kappa shape index (κ2) is 5.39. The number of benzene rings is 1. The molecule has 4 nitrogen and oxygen atoms in total. The standard InChI is InChI=1S/C12H15NO3/c1-9(14)8-12(10(2)13(15)16)11-6-4-3-5-7-11/h3-7,10,12H,8H2,1-2H3/t10?,12-/m0/s1. The maximum atomic E-state index is 11.1. The first-order chi connectivity index (χ1) is 7.52. The average molecular weight is 221 g/mol. The van der Waals surface area contributed by atoms with Crippen LogP contribution in [0.2, 0.25) is 0 Å². The van der Waals surface area contributed by atoms with Gasteiger partial charge in [0, 0.05) is 18.3 Å². The zero-order chi connectivity index (χ0) is 12.1. The monoisotopic (exact) mass is 221 g/mol. The summed E-state index contributed by atoms with van der Waals surface area (Å²) in [6, 6.07) is 8.42. The number of carbonyl (C=O) groups excluding carboxylic acids is 1. The lowest BCUT2D eigenvalue weighted by Gasteiger charge is -2.17. The zero-order valence-electron chi connectivity index (χ0n) is 9.42. The first kappa shape index (κ1) is 12.4. The second-order valence-corrected chi connectivity index (χ2v) is 3.95. The first-order valence-electron chi connectivity index (χ1n) is 5.20. The summed E-state index contributed by atoms with van der Waals surface area (Å²) >= 11 is 0. The van der Waals surface area contributed by atoms with Crippen LogP contribution in [0.15, 0.2) is 30.3 Å². The fourth-order valence-corrected chi connectivity index (χ4v) is 1.72. The minimum absolute atomic E-state index is 0.0254. The minimum atomic E-state index is -0.744. The normalized spacial score (nSPS) is 14.1. The van der Waals surface area contributed by atoms with E-state index < -0.39 is 6.04 Å². The van der Waals surface area contributed by atoms with E-state index in [9.17, 15) is 14.9 Å². The van der Waals surface area contributed by atoms with Gasteiger partial charge in [0.05, 0.1) is 5.92 Å². The Morgan fingerprint density at radius 2 is 1.94 bits per heavy atom. The molecule has 1 aromatic carbocycles. The fraction of sp³-hybridized carbons (Fsp3) is 0.417. The van der Waals surface area contributed by atoms with E-state index in [0.717, 1.165) is 5.56 Å². The van der Waals surface area contributed by atoms with E-state index in [1.165, 1.54) is 6.92 Å². The number of carbonyl (C=O) groups is 1. The van der Waals surface area contributed by atoms with Crippen LogP contribution < -0.4 is 0 Å². The summed E-state index contributed by atoms with van der Waals surface area (Å²) in [6.45, 7) is 3.00. The van der Waals surface area contributed by atoms with Crippen molar-refractivity contribution in [3.8, 4) is 0 Å². The Hall–Kier alpha value is -1.71. The lowest BCUT2D eigenvalue weighted by atomic mass is 9.88. The molecule has 2 atom stereocenters. The molecule has 4 heteroatoms. The lowest BCUT2D eigenvalue weighted by molar-refractivity contribution is -0.522. The molecule has 0 saturated heterocycles. The van der Waals surface area contributed by atoms with E-state index in [1.807, 2.05) is 30.3 Å². The number of nitro groups is 1. The third-order valence-electron chi connectivity index (χ3n) is 2.65. The van der Waals surface area contributed by atoms with Gasteiger partial charge >= 0.3 is 0 Å². The molecule has 0 aliphatic heterocycles. The van der Waals surface area contributed by atoms with Crippen molar-refractivity contribution in [3.63, 3.8) is 0 Å². The zero-order valence-corrected chi connectivity index (χ0v) is 9.42. The predicted octanol–water partition coefficient (Wildman–Crippen LogP) is 2.41. The van der Waals surface area contributed by atoms with Gasteiger partial charge in [-0.1, -0.05) is 30.3 Å². The molecule has 0 aromatic heterocycles. The van der Waals surface area contributed by atoms with Crippen LogP contribution in [0.25, 0.3) is 0 Å². The summed E-state index contributed by atoms with van der Waals surface area (Å²) in [5, 5.41) is 10.8. The van der Waals surface area contributed by atoms with Gasteiger partial charge in [0.25, 0.3) is 0 Å². The van der Waals surface area contributed by atoms with E-state index in [-0.39, 0.29) is 23.0 Å². The highest BCUT2D eigenvalue weighted by molar-refractivity contribution is 5.76. The molecule has 0 radical (unpaired) electrons. The van der Waals surface area contributed by atoms with Gasteiger partial charge in [-0.15, -0.1) is 0 Å². The Balaban J connectivity index is 2.96. The van der Waals surface area contributed by atoms with Crippen LogP contribution in [-0.4, -0.2) is 16.7 Å². The maximum absolute atomic E-state index is 11.1. The molecule has 86 valence electrons. The molecule has 0 saturated carbocycles. The third kappa shape index (κ3) is 3.15. The summed E-state index contributed by atoms with van der Waals surface area (Å²) in [5.41, 5.74) is 0.849. The highest BCUT2D eigenvalue weighted by atomic mass is 16.6. The van der Waals surface area contributed by atoms with Crippen molar-refractivity contribution in [2.75, 3.05) is 0 Å². The molecule has 1 unspecified atom stereocenters. The molecular formula is C12H15NO3. The molecule has 0 spiro atoms. The molecule has 1 aromatic rings. The van der Waals surface area contributed by atoms with E-state index in [2.05, 4.69) is 0 Å². The summed E-state index contributed by atoms with van der Waals surface area (Å²) in [6.07, 6.45) is 0.214. The highest BCUT2D eigenvalue weighted by Crippen LogP contribution is 2.25. The molecule has 0 fully saturated rings. The fourth-order valence-electron chi connectivity index (χ4n) is 1.72. The van der Waals surface area contributed by atoms with Gasteiger partial charge in [-0.25, -0.2) is 0 Å². The SMILES string of the molecule is CC(=O)C[C@H](c1ccccc1)C(C)[N+](=O)[O-]. The quantitative estimate of drug-likeness (QED) is 0.566. The Bertz CT molecular complexity index is 375. The topological polar surface area (TPSA) is 60.2 Å². The van der Waals surface area contributed by atoms with Crippen LogP contribution in [0.4, 0.5) is 0 Å². The Kier molecular flexibility index (Phi) is 4.17. The van der Waals surface area contributed by atoms with Gasteiger partial charge in [0.1, 0.15) is 5.78 Å². The molecule has 0 aliphatic rings. The van der Waals surface area contributed by atoms with Crippen molar-refractivity contribution in [2.45, 2.75) is 32.2 Å². The van der Waals surface area contributed by atoms with Gasteiger partial charge < -0.3 is 4.79 Å². The van der Waals surface area contributed by atoms with Gasteiger partial charge in [0.2, 0.25) is 6.04 Å². The Morgan fingerprint density at radius 1 is 1.38 bits per heavy atom.